The highest BCUT2D eigenvalue weighted by Crippen LogP contribution is 2.37. The van der Waals surface area contributed by atoms with E-state index in [0.717, 1.165) is 37.7 Å². The predicted octanol–water partition coefficient (Wildman–Crippen LogP) is 6.67. The number of carbonyl (C=O) groups excluding carboxylic acids is 1. The summed E-state index contributed by atoms with van der Waals surface area (Å²) < 4.78 is 7.46. The summed E-state index contributed by atoms with van der Waals surface area (Å²) in [5.74, 6) is -0.249. The van der Waals surface area contributed by atoms with E-state index in [-0.39, 0.29) is 6.42 Å². The van der Waals surface area contributed by atoms with Crippen molar-refractivity contribution in [3.8, 4) is 21.6 Å². The van der Waals surface area contributed by atoms with Crippen LogP contribution < -0.4 is 5.32 Å². The SMILES string of the molecule is CC(OC(=O)Nc1c(-c2ccc(-c3ccc(CC(=O)O)cc3)cc2)sc2nccn12)c1ccccc1. The first-order valence-electron chi connectivity index (χ1n) is 11.4. The van der Waals surface area contributed by atoms with Crippen molar-refractivity contribution in [2.45, 2.75) is 19.4 Å². The van der Waals surface area contributed by atoms with Crippen molar-refractivity contribution in [3.05, 3.63) is 102 Å². The zero-order valence-corrected chi connectivity index (χ0v) is 20.2. The number of benzene rings is 3. The Morgan fingerprint density at radius 2 is 1.61 bits per heavy atom. The van der Waals surface area contributed by atoms with E-state index < -0.39 is 18.2 Å². The van der Waals surface area contributed by atoms with Gasteiger partial charge in [-0.15, -0.1) is 0 Å². The van der Waals surface area contributed by atoms with Crippen molar-refractivity contribution in [1.29, 1.82) is 0 Å². The van der Waals surface area contributed by atoms with E-state index >= 15 is 0 Å². The molecule has 0 spiro atoms. The van der Waals surface area contributed by atoms with Gasteiger partial charge >= 0.3 is 12.1 Å². The van der Waals surface area contributed by atoms with E-state index in [2.05, 4.69) is 10.3 Å². The molecule has 0 aliphatic heterocycles. The molecule has 8 heteroatoms. The zero-order valence-electron chi connectivity index (χ0n) is 19.4. The van der Waals surface area contributed by atoms with Gasteiger partial charge in [-0.05, 0) is 34.7 Å². The summed E-state index contributed by atoms with van der Waals surface area (Å²) in [6.45, 7) is 1.84. The van der Waals surface area contributed by atoms with E-state index in [1.54, 1.807) is 12.4 Å². The number of anilines is 1. The predicted molar refractivity (Wildman–Crippen MR) is 140 cm³/mol. The molecule has 1 atom stereocenters. The lowest BCUT2D eigenvalue weighted by Gasteiger charge is -2.14. The summed E-state index contributed by atoms with van der Waals surface area (Å²) >= 11 is 1.48. The Morgan fingerprint density at radius 3 is 2.28 bits per heavy atom. The maximum Gasteiger partial charge on any atom is 0.413 e. The van der Waals surface area contributed by atoms with E-state index in [4.69, 9.17) is 9.84 Å². The third kappa shape index (κ3) is 4.99. The lowest BCUT2D eigenvalue weighted by molar-refractivity contribution is -0.136. The van der Waals surface area contributed by atoms with Crippen LogP contribution in [0.4, 0.5) is 10.6 Å². The maximum absolute atomic E-state index is 12.8. The Hall–Kier alpha value is -4.43. The van der Waals surface area contributed by atoms with Crippen LogP contribution in [0, 0.1) is 0 Å². The molecule has 1 amide bonds. The number of carboxylic acids is 1. The third-order valence-corrected chi connectivity index (χ3v) is 6.94. The fourth-order valence-electron chi connectivity index (χ4n) is 3.98. The van der Waals surface area contributed by atoms with Gasteiger partial charge in [0.1, 0.15) is 11.9 Å². The molecule has 180 valence electrons. The van der Waals surface area contributed by atoms with Crippen LogP contribution in [0.15, 0.2) is 91.3 Å². The number of aliphatic carboxylic acids is 1. The molecule has 0 radical (unpaired) electrons. The molecule has 5 aromatic rings. The first kappa shape index (κ1) is 23.3. The number of fused-ring (bicyclic) bond motifs is 1. The van der Waals surface area contributed by atoms with Crippen molar-refractivity contribution < 1.29 is 19.4 Å². The second kappa shape index (κ2) is 10.1. The number of aromatic nitrogens is 2. The third-order valence-electron chi connectivity index (χ3n) is 5.82. The molecule has 2 heterocycles. The molecule has 2 aromatic heterocycles. The van der Waals surface area contributed by atoms with E-state index in [0.29, 0.717) is 5.82 Å². The molecule has 0 aliphatic carbocycles. The van der Waals surface area contributed by atoms with Gasteiger partial charge in [0.2, 0.25) is 0 Å². The Labute approximate surface area is 211 Å². The fraction of sp³-hybridized carbons (Fsp3) is 0.107. The smallest absolute Gasteiger partial charge is 0.413 e. The molecule has 7 nitrogen and oxygen atoms in total. The first-order chi connectivity index (χ1) is 17.5. The number of nitrogens with one attached hydrogen (secondary N) is 1. The minimum atomic E-state index is -0.850. The van der Waals surface area contributed by atoms with Crippen LogP contribution >= 0.6 is 11.3 Å². The molecule has 36 heavy (non-hydrogen) atoms. The highest BCUT2D eigenvalue weighted by molar-refractivity contribution is 7.21. The van der Waals surface area contributed by atoms with Crippen molar-refractivity contribution in [3.63, 3.8) is 0 Å². The van der Waals surface area contributed by atoms with Crippen molar-refractivity contribution in [2.24, 2.45) is 0 Å². The van der Waals surface area contributed by atoms with Crippen LogP contribution in [0.5, 0.6) is 0 Å². The average molecular weight is 498 g/mol. The summed E-state index contributed by atoms with van der Waals surface area (Å²) in [5.41, 5.74) is 4.61. The van der Waals surface area contributed by atoms with Gasteiger partial charge in [-0.3, -0.25) is 14.5 Å². The molecule has 2 N–H and O–H groups in total. The van der Waals surface area contributed by atoms with Crippen molar-refractivity contribution in [1.82, 2.24) is 9.38 Å². The van der Waals surface area contributed by atoms with E-state index in [1.165, 1.54) is 11.3 Å². The van der Waals surface area contributed by atoms with Crippen molar-refractivity contribution >= 4 is 34.2 Å². The number of imidazole rings is 1. The Balaban J connectivity index is 1.37. The molecule has 0 bridgehead atoms. The van der Waals surface area contributed by atoms with Gasteiger partial charge in [0.05, 0.1) is 11.3 Å². The quantitative estimate of drug-likeness (QED) is 0.262. The van der Waals surface area contributed by atoms with Gasteiger partial charge in [-0.2, -0.15) is 0 Å². The normalized spacial score (nSPS) is 11.8. The molecular weight excluding hydrogens is 474 g/mol. The van der Waals surface area contributed by atoms with Crippen LogP contribution in [-0.2, 0) is 16.0 Å². The van der Waals surface area contributed by atoms with Crippen LogP contribution in [0.25, 0.3) is 26.5 Å². The molecule has 0 saturated carbocycles. The fourth-order valence-corrected chi connectivity index (χ4v) is 5.03. The largest absolute Gasteiger partial charge is 0.481 e. The average Bonchev–Trinajstić information content (AvgIpc) is 3.47. The molecule has 1 unspecified atom stereocenters. The summed E-state index contributed by atoms with van der Waals surface area (Å²) in [6.07, 6.45) is 2.56. The summed E-state index contributed by atoms with van der Waals surface area (Å²) in [4.78, 5) is 29.7. The minimum Gasteiger partial charge on any atom is -0.481 e. The zero-order chi connectivity index (χ0) is 25.1. The van der Waals surface area contributed by atoms with Gasteiger partial charge in [-0.25, -0.2) is 9.78 Å². The Bertz CT molecular complexity index is 1510. The van der Waals surface area contributed by atoms with Gasteiger partial charge in [-0.1, -0.05) is 90.2 Å². The van der Waals surface area contributed by atoms with Crippen LogP contribution in [0.1, 0.15) is 24.2 Å². The highest BCUT2D eigenvalue weighted by atomic mass is 32.1. The molecule has 0 aliphatic rings. The number of hydrogen-bond donors (Lipinski definition) is 2. The minimum absolute atomic E-state index is 0.00175. The number of ether oxygens (including phenoxy) is 1. The lowest BCUT2D eigenvalue weighted by Crippen LogP contribution is -2.17. The summed E-state index contributed by atoms with van der Waals surface area (Å²) in [6, 6.07) is 25.1. The molecule has 3 aromatic carbocycles. The number of hydrogen-bond acceptors (Lipinski definition) is 5. The highest BCUT2D eigenvalue weighted by Gasteiger charge is 2.19. The topological polar surface area (TPSA) is 92.9 Å². The van der Waals surface area contributed by atoms with Gasteiger partial charge in [0.25, 0.3) is 0 Å². The monoisotopic (exact) mass is 497 g/mol. The molecule has 0 saturated heterocycles. The Morgan fingerprint density at radius 1 is 0.972 bits per heavy atom. The van der Waals surface area contributed by atoms with E-state index in [9.17, 15) is 9.59 Å². The van der Waals surface area contributed by atoms with Crippen molar-refractivity contribution in [2.75, 3.05) is 5.32 Å². The first-order valence-corrected chi connectivity index (χ1v) is 12.2. The number of amides is 1. The van der Waals surface area contributed by atoms with Crippen LogP contribution in [0.3, 0.4) is 0 Å². The number of nitrogens with zero attached hydrogens (tertiary/aromatic N) is 2. The summed E-state index contributed by atoms with van der Waals surface area (Å²) in [5, 5.41) is 11.9. The molecule has 5 rings (SSSR count). The summed E-state index contributed by atoms with van der Waals surface area (Å²) in [7, 11) is 0. The molecule has 0 fully saturated rings. The standard InChI is InChI=1S/C28H23N3O4S/c1-18(20-5-3-2-4-6-20)35-28(34)30-26-25(36-27-29-15-16-31(26)27)23-13-11-22(12-14-23)21-9-7-19(8-10-21)17-24(32)33/h2-16,18H,17H2,1H3,(H,30,34)(H,32,33). The van der Waals surface area contributed by atoms with E-state index in [1.807, 2.05) is 90.2 Å². The number of thiazole rings is 1. The van der Waals surface area contributed by atoms with Gasteiger partial charge < -0.3 is 9.84 Å². The van der Waals surface area contributed by atoms with Gasteiger partial charge in [0.15, 0.2) is 4.96 Å². The maximum atomic E-state index is 12.8. The number of carbonyl (C=O) groups is 2. The molecular formula is C28H23N3O4S. The van der Waals surface area contributed by atoms with Crippen LogP contribution in [0.2, 0.25) is 0 Å². The number of rotatable bonds is 7. The van der Waals surface area contributed by atoms with Gasteiger partial charge in [0, 0.05) is 12.4 Å². The lowest BCUT2D eigenvalue weighted by atomic mass is 10.0. The second-order valence-corrected chi connectivity index (χ2v) is 9.27. The second-order valence-electron chi connectivity index (χ2n) is 8.29. The number of carboxylic acid groups (broad SMARTS) is 1. The van der Waals surface area contributed by atoms with Crippen LogP contribution in [-0.4, -0.2) is 26.6 Å². The Kier molecular flexibility index (Phi) is 6.51.